The van der Waals surface area contributed by atoms with E-state index in [2.05, 4.69) is 5.32 Å². The van der Waals surface area contributed by atoms with E-state index in [1.165, 1.54) is 4.90 Å². The molecule has 3 N–H and O–H groups in total. The van der Waals surface area contributed by atoms with Crippen molar-refractivity contribution in [1.29, 1.82) is 0 Å². The van der Waals surface area contributed by atoms with Crippen LogP contribution in [0.25, 0.3) is 0 Å². The third-order valence-corrected chi connectivity index (χ3v) is 4.09. The van der Waals surface area contributed by atoms with Crippen LogP contribution in [0.4, 0.5) is 5.69 Å². The van der Waals surface area contributed by atoms with Crippen LogP contribution >= 0.6 is 0 Å². The summed E-state index contributed by atoms with van der Waals surface area (Å²) in [5.41, 5.74) is 6.00. The van der Waals surface area contributed by atoms with Gasteiger partial charge in [0.2, 0.25) is 11.8 Å². The molecular formula is C14H14BN3O3. The Morgan fingerprint density at radius 1 is 1.29 bits per heavy atom. The lowest BCUT2D eigenvalue weighted by Crippen LogP contribution is -2.59. The van der Waals surface area contributed by atoms with E-state index in [1.54, 1.807) is 18.2 Å². The second-order valence-electron chi connectivity index (χ2n) is 5.42. The number of nitrogen functional groups attached to an aromatic ring is 1. The number of carbonyl (C=O) groups excluding carboxylic acids is 3. The molecule has 2 heterocycles. The highest BCUT2D eigenvalue weighted by Crippen LogP contribution is 2.34. The molecule has 1 aromatic carbocycles. The smallest absolute Gasteiger partial charge is 0.254 e. The minimum Gasteiger partial charge on any atom is -0.398 e. The van der Waals surface area contributed by atoms with Crippen LogP contribution in [0.3, 0.4) is 0 Å². The highest BCUT2D eigenvalue weighted by atomic mass is 16.2. The number of fused-ring (bicyclic) bond motifs is 1. The van der Waals surface area contributed by atoms with Crippen molar-refractivity contribution < 1.29 is 14.4 Å². The Kier molecular flexibility index (Phi) is 3.00. The lowest BCUT2D eigenvalue weighted by Gasteiger charge is -2.36. The van der Waals surface area contributed by atoms with Crippen molar-refractivity contribution in [3.8, 4) is 0 Å². The molecule has 1 atom stereocenters. The van der Waals surface area contributed by atoms with E-state index >= 15 is 0 Å². The predicted octanol–water partition coefficient (Wildman–Crippen LogP) is -0.0839. The molecular weight excluding hydrogens is 269 g/mol. The van der Waals surface area contributed by atoms with E-state index < -0.39 is 11.3 Å². The van der Waals surface area contributed by atoms with Gasteiger partial charge in [-0.1, -0.05) is 6.07 Å². The molecule has 1 fully saturated rings. The van der Waals surface area contributed by atoms with Crippen LogP contribution in [-0.4, -0.2) is 35.9 Å². The van der Waals surface area contributed by atoms with Crippen molar-refractivity contribution in [3.05, 3.63) is 29.3 Å². The summed E-state index contributed by atoms with van der Waals surface area (Å²) < 4.78 is 0. The van der Waals surface area contributed by atoms with E-state index in [0.29, 0.717) is 23.2 Å². The highest BCUT2D eigenvalue weighted by molar-refractivity contribution is 6.31. The van der Waals surface area contributed by atoms with Gasteiger partial charge in [0.05, 0.1) is 5.44 Å². The lowest BCUT2D eigenvalue weighted by molar-refractivity contribution is -0.133. The summed E-state index contributed by atoms with van der Waals surface area (Å²) >= 11 is 0. The molecule has 21 heavy (non-hydrogen) atoms. The molecule has 0 bridgehead atoms. The van der Waals surface area contributed by atoms with Gasteiger partial charge < -0.3 is 10.6 Å². The zero-order chi connectivity index (χ0) is 15.2. The number of nitrogens with zero attached hydrogens (tertiary/aromatic N) is 1. The Morgan fingerprint density at radius 3 is 2.76 bits per heavy atom. The number of hydrogen-bond donors (Lipinski definition) is 2. The number of imide groups is 1. The van der Waals surface area contributed by atoms with Crippen LogP contribution in [0, 0.1) is 0 Å². The molecule has 0 aliphatic carbocycles. The zero-order valence-corrected chi connectivity index (χ0v) is 11.4. The van der Waals surface area contributed by atoms with Gasteiger partial charge >= 0.3 is 0 Å². The molecule has 3 amide bonds. The van der Waals surface area contributed by atoms with E-state index in [1.807, 2.05) is 0 Å². The number of anilines is 1. The minimum absolute atomic E-state index is 0.180. The molecule has 0 saturated carbocycles. The van der Waals surface area contributed by atoms with Crippen molar-refractivity contribution in [3.63, 3.8) is 0 Å². The van der Waals surface area contributed by atoms with Gasteiger partial charge in [0.25, 0.3) is 5.91 Å². The van der Waals surface area contributed by atoms with E-state index in [9.17, 15) is 14.4 Å². The Morgan fingerprint density at radius 2 is 2.05 bits per heavy atom. The number of nitrogens with one attached hydrogen (secondary N) is 1. The molecule has 3 rings (SSSR count). The monoisotopic (exact) mass is 283 g/mol. The quantitative estimate of drug-likeness (QED) is 0.428. The molecule has 6 nitrogen and oxygen atoms in total. The Balaban J connectivity index is 1.98. The van der Waals surface area contributed by atoms with Gasteiger partial charge in [-0.15, -0.1) is 0 Å². The SMILES string of the molecule is [B][C@]1(N2Cc3c(N)cccc3C2=O)CCCC(=O)NC1=O. The van der Waals surface area contributed by atoms with Crippen LogP contribution < -0.4 is 11.1 Å². The number of rotatable bonds is 1. The van der Waals surface area contributed by atoms with Gasteiger partial charge in [-0.25, -0.2) is 0 Å². The zero-order valence-electron chi connectivity index (χ0n) is 11.4. The first-order chi connectivity index (χ1) is 9.93. The summed E-state index contributed by atoms with van der Waals surface area (Å²) in [5.74, 6) is -1.33. The largest absolute Gasteiger partial charge is 0.398 e. The first-order valence-electron chi connectivity index (χ1n) is 6.76. The second-order valence-corrected chi connectivity index (χ2v) is 5.42. The fraction of sp³-hybridized carbons (Fsp3) is 0.357. The second kappa shape index (κ2) is 4.61. The number of carbonyl (C=O) groups is 3. The topological polar surface area (TPSA) is 92.5 Å². The number of amides is 3. The Bertz CT molecular complexity index is 661. The molecule has 0 spiro atoms. The highest BCUT2D eigenvalue weighted by Gasteiger charge is 2.46. The third kappa shape index (κ3) is 2.00. The van der Waals surface area contributed by atoms with Crippen LogP contribution in [0.2, 0.25) is 0 Å². The van der Waals surface area contributed by atoms with Gasteiger partial charge in [0.15, 0.2) is 0 Å². The van der Waals surface area contributed by atoms with Gasteiger partial charge in [0.1, 0.15) is 7.85 Å². The van der Waals surface area contributed by atoms with Gasteiger partial charge in [-0.3, -0.25) is 19.7 Å². The average Bonchev–Trinajstić information content (AvgIpc) is 2.71. The Labute approximate surface area is 123 Å². The molecule has 1 saturated heterocycles. The van der Waals surface area contributed by atoms with E-state index in [4.69, 9.17) is 13.6 Å². The van der Waals surface area contributed by atoms with Crippen molar-refractivity contribution in [2.75, 3.05) is 5.73 Å². The van der Waals surface area contributed by atoms with E-state index in [0.717, 1.165) is 0 Å². The van der Waals surface area contributed by atoms with Crippen molar-refractivity contribution in [2.45, 2.75) is 31.2 Å². The van der Waals surface area contributed by atoms with Crippen LogP contribution in [-0.2, 0) is 16.1 Å². The van der Waals surface area contributed by atoms with Crippen molar-refractivity contribution >= 4 is 31.3 Å². The first-order valence-corrected chi connectivity index (χ1v) is 6.76. The summed E-state index contributed by atoms with van der Waals surface area (Å²) in [5, 5.41) is 2.24. The number of hydrogen-bond acceptors (Lipinski definition) is 4. The molecule has 2 radical (unpaired) electrons. The van der Waals surface area contributed by atoms with Crippen LogP contribution in [0.1, 0.15) is 35.2 Å². The maximum Gasteiger partial charge on any atom is 0.254 e. The summed E-state index contributed by atoms with van der Waals surface area (Å²) in [7, 11) is 6.19. The predicted molar refractivity (Wildman–Crippen MR) is 76.2 cm³/mol. The fourth-order valence-corrected chi connectivity index (χ4v) is 2.87. The number of nitrogens with two attached hydrogens (primary N) is 1. The molecule has 0 aromatic heterocycles. The number of benzene rings is 1. The normalized spacial score (nSPS) is 25.5. The molecule has 1 aromatic rings. The molecule has 7 heteroatoms. The van der Waals surface area contributed by atoms with Crippen LogP contribution in [0.5, 0.6) is 0 Å². The summed E-state index contributed by atoms with van der Waals surface area (Å²) in [6, 6.07) is 5.06. The first kappa shape index (κ1) is 13.7. The lowest BCUT2D eigenvalue weighted by atomic mass is 9.72. The average molecular weight is 283 g/mol. The van der Waals surface area contributed by atoms with E-state index in [-0.39, 0.29) is 31.2 Å². The standard InChI is InChI=1S/C14H14BN3O3/c15-14(6-2-5-11(19)17-13(14)21)18-7-9-8(12(18)20)3-1-4-10(9)16/h1,3-4H,2,5-7,16H2,(H,17,19,21)/t14-/m0/s1. The minimum atomic E-state index is -1.52. The van der Waals surface area contributed by atoms with Gasteiger partial charge in [0, 0.05) is 29.8 Å². The molecule has 2 aliphatic heterocycles. The summed E-state index contributed by atoms with van der Waals surface area (Å²) in [6.45, 7) is 0.180. The van der Waals surface area contributed by atoms with Gasteiger partial charge in [-0.2, -0.15) is 0 Å². The maximum atomic E-state index is 12.5. The molecule has 106 valence electrons. The Hall–Kier alpha value is -2.31. The van der Waals surface area contributed by atoms with Gasteiger partial charge in [-0.05, 0) is 25.0 Å². The molecule has 0 unspecified atom stereocenters. The third-order valence-electron chi connectivity index (χ3n) is 4.09. The molecule has 2 aliphatic rings. The van der Waals surface area contributed by atoms with Crippen LogP contribution in [0.15, 0.2) is 18.2 Å². The van der Waals surface area contributed by atoms with Crippen molar-refractivity contribution in [1.82, 2.24) is 10.2 Å². The summed E-state index contributed by atoms with van der Waals surface area (Å²) in [4.78, 5) is 37.5. The van der Waals surface area contributed by atoms with Crippen molar-refractivity contribution in [2.24, 2.45) is 0 Å². The fourth-order valence-electron chi connectivity index (χ4n) is 2.87. The maximum absolute atomic E-state index is 12.5. The summed E-state index contributed by atoms with van der Waals surface area (Å²) in [6.07, 6.45) is 0.912.